The summed E-state index contributed by atoms with van der Waals surface area (Å²) in [6.07, 6.45) is 3.07. The number of aromatic amines is 1. The van der Waals surface area contributed by atoms with E-state index in [0.29, 0.717) is 11.1 Å². The van der Waals surface area contributed by atoms with Crippen molar-refractivity contribution in [1.29, 1.82) is 0 Å². The molecule has 1 aromatic carbocycles. The van der Waals surface area contributed by atoms with E-state index in [1.165, 1.54) is 24.4 Å². The van der Waals surface area contributed by atoms with Crippen LogP contribution in [0.15, 0.2) is 30.6 Å². The van der Waals surface area contributed by atoms with E-state index in [1.807, 2.05) is 0 Å². The predicted molar refractivity (Wildman–Crippen MR) is 45.6 cm³/mol. The van der Waals surface area contributed by atoms with Crippen molar-refractivity contribution in [2.75, 3.05) is 0 Å². The second-order valence-electron chi connectivity index (χ2n) is 2.65. The summed E-state index contributed by atoms with van der Waals surface area (Å²) in [6.45, 7) is 0. The van der Waals surface area contributed by atoms with Crippen LogP contribution in [0.1, 0.15) is 0 Å². The van der Waals surface area contributed by atoms with Gasteiger partial charge in [0.25, 0.3) is 0 Å². The van der Waals surface area contributed by atoms with E-state index in [9.17, 15) is 4.39 Å². The molecule has 0 aliphatic carbocycles. The number of phenols is 1. The maximum absolute atomic E-state index is 13.2. The zero-order valence-corrected chi connectivity index (χ0v) is 6.66. The molecule has 2 rings (SSSR count). The van der Waals surface area contributed by atoms with Gasteiger partial charge in [-0.1, -0.05) is 0 Å². The second-order valence-corrected chi connectivity index (χ2v) is 2.65. The molecule has 0 atom stereocenters. The molecule has 3 nitrogen and oxygen atoms in total. The lowest BCUT2D eigenvalue weighted by Crippen LogP contribution is -1.81. The van der Waals surface area contributed by atoms with E-state index in [2.05, 4.69) is 10.2 Å². The third-order valence-corrected chi connectivity index (χ3v) is 1.76. The molecule has 0 saturated heterocycles. The number of hydrogen-bond donors (Lipinski definition) is 2. The molecule has 0 unspecified atom stereocenters. The van der Waals surface area contributed by atoms with Gasteiger partial charge in [-0.3, -0.25) is 5.10 Å². The zero-order chi connectivity index (χ0) is 9.26. The second kappa shape index (κ2) is 2.90. The van der Waals surface area contributed by atoms with Gasteiger partial charge in [0.1, 0.15) is 11.6 Å². The minimum atomic E-state index is -0.376. The average molecular weight is 178 g/mol. The minimum Gasteiger partial charge on any atom is -0.508 e. The molecule has 4 heteroatoms. The Hall–Kier alpha value is -1.84. The van der Waals surface area contributed by atoms with Crippen LogP contribution in [-0.4, -0.2) is 15.3 Å². The fraction of sp³-hybridized carbons (Fsp3) is 0. The molecular weight excluding hydrogens is 171 g/mol. The summed E-state index contributed by atoms with van der Waals surface area (Å²) in [5.41, 5.74) is 0.960. The van der Waals surface area contributed by atoms with E-state index in [-0.39, 0.29) is 11.6 Å². The molecule has 66 valence electrons. The van der Waals surface area contributed by atoms with Crippen LogP contribution in [-0.2, 0) is 0 Å². The third kappa shape index (κ3) is 1.38. The van der Waals surface area contributed by atoms with Gasteiger partial charge in [-0.15, -0.1) is 0 Å². The van der Waals surface area contributed by atoms with E-state index >= 15 is 0 Å². The van der Waals surface area contributed by atoms with E-state index in [1.54, 1.807) is 6.20 Å². The number of rotatable bonds is 1. The summed E-state index contributed by atoms with van der Waals surface area (Å²) in [6, 6.07) is 3.89. The highest BCUT2D eigenvalue weighted by atomic mass is 19.1. The molecule has 0 radical (unpaired) electrons. The minimum absolute atomic E-state index is 0.0394. The Labute approximate surface area is 73.8 Å². The molecule has 1 aromatic heterocycles. The maximum Gasteiger partial charge on any atom is 0.131 e. The van der Waals surface area contributed by atoms with Crippen LogP contribution in [0.25, 0.3) is 11.1 Å². The van der Waals surface area contributed by atoms with Gasteiger partial charge in [0.05, 0.1) is 6.20 Å². The smallest absolute Gasteiger partial charge is 0.131 e. The van der Waals surface area contributed by atoms with Gasteiger partial charge in [-0.2, -0.15) is 5.10 Å². The largest absolute Gasteiger partial charge is 0.508 e. The lowest BCUT2D eigenvalue weighted by Gasteiger charge is -1.99. The number of benzene rings is 1. The number of aromatic hydroxyl groups is 1. The third-order valence-electron chi connectivity index (χ3n) is 1.76. The van der Waals surface area contributed by atoms with Crippen LogP contribution in [0.5, 0.6) is 5.75 Å². The number of hydrogen-bond acceptors (Lipinski definition) is 2. The summed E-state index contributed by atoms with van der Waals surface area (Å²) in [7, 11) is 0. The lowest BCUT2D eigenvalue weighted by molar-refractivity contribution is 0.473. The Morgan fingerprint density at radius 3 is 2.92 bits per heavy atom. The van der Waals surface area contributed by atoms with Gasteiger partial charge < -0.3 is 5.11 Å². The van der Waals surface area contributed by atoms with Crippen LogP contribution in [0.4, 0.5) is 4.39 Å². The van der Waals surface area contributed by atoms with Gasteiger partial charge in [-0.05, 0) is 18.2 Å². The van der Waals surface area contributed by atoms with E-state index in [0.717, 1.165) is 0 Å². The Bertz CT molecular complexity index is 412. The zero-order valence-electron chi connectivity index (χ0n) is 6.66. The van der Waals surface area contributed by atoms with Crippen LogP contribution in [0.2, 0.25) is 0 Å². The first-order valence-electron chi connectivity index (χ1n) is 3.75. The molecule has 2 aromatic rings. The van der Waals surface area contributed by atoms with Crippen molar-refractivity contribution in [3.05, 3.63) is 36.4 Å². The summed E-state index contributed by atoms with van der Waals surface area (Å²) in [4.78, 5) is 0. The Kier molecular flexibility index (Phi) is 1.73. The summed E-state index contributed by atoms with van der Waals surface area (Å²) in [5.74, 6) is -0.336. The summed E-state index contributed by atoms with van der Waals surface area (Å²) in [5, 5.41) is 15.4. The van der Waals surface area contributed by atoms with Crippen LogP contribution in [0.3, 0.4) is 0 Å². The quantitative estimate of drug-likeness (QED) is 0.700. The standard InChI is InChI=1S/C9H7FN2O/c10-9-2-1-7(13)3-8(9)6-4-11-12-5-6/h1-5,13H,(H,11,12). The molecule has 0 amide bonds. The van der Waals surface area contributed by atoms with Gasteiger partial charge in [-0.25, -0.2) is 4.39 Å². The molecule has 0 saturated carbocycles. The molecule has 1 heterocycles. The van der Waals surface area contributed by atoms with E-state index in [4.69, 9.17) is 5.11 Å². The van der Waals surface area contributed by atoms with Crippen molar-refractivity contribution in [3.8, 4) is 16.9 Å². The lowest BCUT2D eigenvalue weighted by atomic mass is 10.1. The number of phenolic OH excluding ortho intramolecular Hbond substituents is 1. The summed E-state index contributed by atoms with van der Waals surface area (Å²) >= 11 is 0. The van der Waals surface area contributed by atoms with Crippen molar-refractivity contribution < 1.29 is 9.50 Å². The number of nitrogens with zero attached hydrogens (tertiary/aromatic N) is 1. The SMILES string of the molecule is Oc1ccc(F)c(-c2cn[nH]c2)c1. The normalized spacial score (nSPS) is 10.2. The van der Waals surface area contributed by atoms with E-state index < -0.39 is 0 Å². The summed E-state index contributed by atoms with van der Waals surface area (Å²) < 4.78 is 13.2. The number of nitrogens with one attached hydrogen (secondary N) is 1. The van der Waals surface area contributed by atoms with Crippen molar-refractivity contribution in [3.63, 3.8) is 0 Å². The number of halogens is 1. The monoisotopic (exact) mass is 178 g/mol. The Morgan fingerprint density at radius 1 is 1.38 bits per heavy atom. The molecular formula is C9H7FN2O. The van der Waals surface area contributed by atoms with Crippen molar-refractivity contribution in [2.45, 2.75) is 0 Å². The molecule has 0 bridgehead atoms. The van der Waals surface area contributed by atoms with Crippen molar-refractivity contribution in [1.82, 2.24) is 10.2 Å². The Balaban J connectivity index is 2.57. The first-order chi connectivity index (χ1) is 6.27. The fourth-order valence-corrected chi connectivity index (χ4v) is 1.13. The molecule has 13 heavy (non-hydrogen) atoms. The van der Waals surface area contributed by atoms with Crippen LogP contribution in [0, 0.1) is 5.82 Å². The first kappa shape index (κ1) is 7.79. The highest BCUT2D eigenvalue weighted by Gasteiger charge is 2.06. The van der Waals surface area contributed by atoms with Gasteiger partial charge >= 0.3 is 0 Å². The van der Waals surface area contributed by atoms with Crippen LogP contribution >= 0.6 is 0 Å². The number of H-pyrrole nitrogens is 1. The highest BCUT2D eigenvalue weighted by Crippen LogP contribution is 2.25. The van der Waals surface area contributed by atoms with Crippen molar-refractivity contribution in [2.24, 2.45) is 0 Å². The van der Waals surface area contributed by atoms with Gasteiger partial charge in [0, 0.05) is 17.3 Å². The molecule has 0 aliphatic heterocycles. The molecule has 2 N–H and O–H groups in total. The van der Waals surface area contributed by atoms with Gasteiger partial charge in [0.2, 0.25) is 0 Å². The van der Waals surface area contributed by atoms with Crippen LogP contribution < -0.4 is 0 Å². The molecule has 0 aliphatic rings. The van der Waals surface area contributed by atoms with Gasteiger partial charge in [0.15, 0.2) is 0 Å². The number of aromatic nitrogens is 2. The average Bonchev–Trinajstić information content (AvgIpc) is 2.61. The highest BCUT2D eigenvalue weighted by molar-refractivity contribution is 5.63. The fourth-order valence-electron chi connectivity index (χ4n) is 1.13. The maximum atomic E-state index is 13.2. The molecule has 0 fully saturated rings. The first-order valence-corrected chi connectivity index (χ1v) is 3.75. The Morgan fingerprint density at radius 2 is 2.23 bits per heavy atom. The predicted octanol–water partition coefficient (Wildman–Crippen LogP) is 1.92. The topological polar surface area (TPSA) is 48.9 Å². The van der Waals surface area contributed by atoms with Crippen molar-refractivity contribution >= 4 is 0 Å². The molecule has 0 spiro atoms.